The minimum Gasteiger partial charge on any atom is -0.456 e. The van der Waals surface area contributed by atoms with Gasteiger partial charge in [0, 0.05) is 49.4 Å². The Morgan fingerprint density at radius 3 is 1.28 bits per heavy atom. The molecule has 318 valence electrons. The molecule has 3 aromatic heterocycles. The molecular formula is C63H39N3O2. The molecule has 0 atom stereocenters. The standard InChI is InChI=1S/C63H39N3O2/c1-4-14-40(15-5-1)41-26-30-45(31-27-41)61-64-62(46-32-28-44(29-33-46)52-23-13-25-55-54-24-12-22-51(59(54)68-60(52)55)43-18-8-3-9-19-43)66-63(65-61)48-34-36-53-56-38-47(35-37-57(56)67-58(53)39-48)50-21-11-10-20-49(50)42-16-6-2-7-17-42/h1-39H/i34D,35D,36D,37D,38D,39D. The molecule has 0 unspecified atom stereocenters. The van der Waals surface area contributed by atoms with Crippen molar-refractivity contribution in [2.45, 2.75) is 0 Å². The molecular weight excluding hydrogens is 831 g/mol. The van der Waals surface area contributed by atoms with E-state index in [4.69, 9.17) is 23.8 Å². The molecule has 13 rings (SSSR count). The summed E-state index contributed by atoms with van der Waals surface area (Å²) in [5.41, 5.74) is 10.9. The number of furan rings is 2. The molecule has 0 radical (unpaired) electrons. The van der Waals surface area contributed by atoms with Gasteiger partial charge in [0.25, 0.3) is 0 Å². The Kier molecular flexibility index (Phi) is 8.01. The van der Waals surface area contributed by atoms with Gasteiger partial charge in [0.2, 0.25) is 0 Å². The van der Waals surface area contributed by atoms with Crippen LogP contribution in [-0.2, 0) is 0 Å². The van der Waals surface area contributed by atoms with E-state index in [0.29, 0.717) is 16.7 Å². The van der Waals surface area contributed by atoms with E-state index >= 15 is 0 Å². The van der Waals surface area contributed by atoms with Crippen molar-refractivity contribution in [2.24, 2.45) is 0 Å². The van der Waals surface area contributed by atoms with Crippen LogP contribution in [0.2, 0.25) is 0 Å². The van der Waals surface area contributed by atoms with E-state index in [0.717, 1.165) is 66.4 Å². The quantitative estimate of drug-likeness (QED) is 0.152. The molecule has 5 nitrogen and oxygen atoms in total. The summed E-state index contributed by atoms with van der Waals surface area (Å²) in [5, 5.41) is 2.15. The maximum atomic E-state index is 9.70. The summed E-state index contributed by atoms with van der Waals surface area (Å²) in [5.74, 6) is 0.534. The van der Waals surface area contributed by atoms with Crippen molar-refractivity contribution < 1.29 is 17.1 Å². The first kappa shape index (κ1) is 33.3. The smallest absolute Gasteiger partial charge is 0.164 e. The minimum atomic E-state index is -0.357. The third-order valence-corrected chi connectivity index (χ3v) is 12.5. The van der Waals surface area contributed by atoms with E-state index in [2.05, 4.69) is 36.4 Å². The van der Waals surface area contributed by atoms with Gasteiger partial charge in [-0.25, -0.2) is 15.0 Å². The lowest BCUT2D eigenvalue weighted by Gasteiger charge is -2.10. The van der Waals surface area contributed by atoms with Crippen LogP contribution in [0.5, 0.6) is 0 Å². The maximum Gasteiger partial charge on any atom is 0.164 e. The van der Waals surface area contributed by atoms with Crippen molar-refractivity contribution in [3.63, 3.8) is 0 Å². The van der Waals surface area contributed by atoms with Crippen molar-refractivity contribution >= 4 is 43.9 Å². The third kappa shape index (κ3) is 6.93. The largest absolute Gasteiger partial charge is 0.456 e. The highest BCUT2D eigenvalue weighted by Gasteiger charge is 2.19. The van der Waals surface area contributed by atoms with Gasteiger partial charge in [0.1, 0.15) is 22.3 Å². The Hall–Kier alpha value is -9.19. The molecule has 0 amide bonds. The first-order valence-electron chi connectivity index (χ1n) is 25.3. The highest BCUT2D eigenvalue weighted by Crippen LogP contribution is 2.41. The molecule has 0 spiro atoms. The molecule has 0 aliphatic rings. The van der Waals surface area contributed by atoms with Gasteiger partial charge >= 0.3 is 0 Å². The fourth-order valence-electron chi connectivity index (χ4n) is 9.09. The topological polar surface area (TPSA) is 65.0 Å². The second kappa shape index (κ2) is 16.4. The van der Waals surface area contributed by atoms with Crippen LogP contribution in [0, 0.1) is 0 Å². The van der Waals surface area contributed by atoms with Crippen LogP contribution in [0.15, 0.2) is 245 Å². The van der Waals surface area contributed by atoms with E-state index in [-0.39, 0.29) is 86.8 Å². The van der Waals surface area contributed by atoms with E-state index < -0.39 is 0 Å². The monoisotopic (exact) mass is 875 g/mol. The Morgan fingerprint density at radius 2 is 0.691 bits per heavy atom. The third-order valence-electron chi connectivity index (χ3n) is 12.5. The Bertz CT molecular complexity index is 4350. The number of fused-ring (bicyclic) bond motifs is 6. The summed E-state index contributed by atoms with van der Waals surface area (Å²) in [7, 11) is 0. The van der Waals surface area contributed by atoms with Crippen molar-refractivity contribution in [1.82, 2.24) is 15.0 Å². The number of rotatable bonds is 8. The average Bonchev–Trinajstić information content (AvgIpc) is 4.06. The summed E-state index contributed by atoms with van der Waals surface area (Å²) in [6, 6.07) is 63.7. The average molecular weight is 876 g/mol. The molecule has 5 heteroatoms. The minimum absolute atomic E-state index is 0.0239. The first-order valence-corrected chi connectivity index (χ1v) is 22.3. The van der Waals surface area contributed by atoms with E-state index in [1.807, 2.05) is 164 Å². The fourth-order valence-corrected chi connectivity index (χ4v) is 9.09. The lowest BCUT2D eigenvalue weighted by molar-refractivity contribution is 0.669. The molecule has 0 saturated heterocycles. The summed E-state index contributed by atoms with van der Waals surface area (Å²) in [4.78, 5) is 14.8. The normalized spacial score (nSPS) is 12.8. The molecule has 3 heterocycles. The number of aromatic nitrogens is 3. The van der Waals surface area contributed by atoms with Crippen LogP contribution in [0.4, 0.5) is 0 Å². The van der Waals surface area contributed by atoms with Gasteiger partial charge in [-0.15, -0.1) is 0 Å². The zero-order valence-corrected chi connectivity index (χ0v) is 36.2. The van der Waals surface area contributed by atoms with Crippen molar-refractivity contribution in [3.8, 4) is 89.8 Å². The SMILES string of the molecule is [2H]c1c(-c2ccccc2-c2ccccc2)c([2H])c2c(oc3c([2H])c(-c4nc(-c5ccc(-c6ccccc6)cc5)nc(-c5ccc(-c6cccc7c6oc6c(-c8ccccc8)cccc67)cc5)n4)c([2H])c([2H])c32)c1[2H]. The number of hydrogen-bond donors (Lipinski definition) is 0. The van der Waals surface area contributed by atoms with Gasteiger partial charge in [-0.1, -0.05) is 212 Å². The second-order valence-electron chi connectivity index (χ2n) is 16.6. The highest BCUT2D eigenvalue weighted by molar-refractivity contribution is 6.13. The lowest BCUT2D eigenvalue weighted by atomic mass is 9.94. The van der Waals surface area contributed by atoms with Crippen molar-refractivity contribution in [3.05, 3.63) is 236 Å². The van der Waals surface area contributed by atoms with Crippen LogP contribution in [-0.4, -0.2) is 15.0 Å². The van der Waals surface area contributed by atoms with Gasteiger partial charge in [-0.05, 0) is 68.7 Å². The van der Waals surface area contributed by atoms with E-state index in [1.165, 1.54) is 0 Å². The number of para-hydroxylation sites is 2. The van der Waals surface area contributed by atoms with E-state index in [1.54, 1.807) is 0 Å². The highest BCUT2D eigenvalue weighted by atomic mass is 16.3. The Morgan fingerprint density at radius 1 is 0.265 bits per heavy atom. The van der Waals surface area contributed by atoms with Gasteiger partial charge in [0.15, 0.2) is 17.5 Å². The molecule has 10 aromatic carbocycles. The van der Waals surface area contributed by atoms with Gasteiger partial charge in [-0.2, -0.15) is 0 Å². The number of nitrogens with zero attached hydrogens (tertiary/aromatic N) is 3. The zero-order chi connectivity index (χ0) is 50.2. The lowest BCUT2D eigenvalue weighted by Crippen LogP contribution is -2.00. The van der Waals surface area contributed by atoms with Gasteiger partial charge < -0.3 is 8.83 Å². The number of benzene rings is 10. The Labute approximate surface area is 400 Å². The number of hydrogen-bond acceptors (Lipinski definition) is 5. The molecule has 0 saturated carbocycles. The summed E-state index contributed by atoms with van der Waals surface area (Å²) in [6.07, 6.45) is 0. The zero-order valence-electron chi connectivity index (χ0n) is 42.2. The molecule has 0 aliphatic heterocycles. The molecule has 0 aliphatic carbocycles. The summed E-state index contributed by atoms with van der Waals surface area (Å²) >= 11 is 0. The van der Waals surface area contributed by atoms with Gasteiger partial charge in [0.05, 0.1) is 8.22 Å². The Balaban J connectivity index is 0.961. The van der Waals surface area contributed by atoms with Crippen molar-refractivity contribution in [1.29, 1.82) is 0 Å². The molecule has 0 bridgehead atoms. The second-order valence-corrected chi connectivity index (χ2v) is 16.6. The van der Waals surface area contributed by atoms with Crippen LogP contribution in [0.25, 0.3) is 134 Å². The van der Waals surface area contributed by atoms with Crippen molar-refractivity contribution in [2.75, 3.05) is 0 Å². The molecule has 13 aromatic rings. The maximum absolute atomic E-state index is 9.70. The predicted molar refractivity (Wildman–Crippen MR) is 278 cm³/mol. The van der Waals surface area contributed by atoms with Crippen LogP contribution in [0.3, 0.4) is 0 Å². The van der Waals surface area contributed by atoms with Crippen LogP contribution >= 0.6 is 0 Å². The van der Waals surface area contributed by atoms with Gasteiger partial charge in [-0.3, -0.25) is 0 Å². The molecule has 0 N–H and O–H groups in total. The molecule has 68 heavy (non-hydrogen) atoms. The summed E-state index contributed by atoms with van der Waals surface area (Å²) < 4.78 is 69.9. The fraction of sp³-hybridized carbons (Fsp3) is 0. The van der Waals surface area contributed by atoms with E-state index in [9.17, 15) is 8.22 Å². The van der Waals surface area contributed by atoms with Crippen LogP contribution in [0.1, 0.15) is 8.22 Å². The van der Waals surface area contributed by atoms with Crippen LogP contribution < -0.4 is 0 Å². The first-order chi connectivity index (χ1) is 36.2. The predicted octanol–water partition coefficient (Wildman–Crippen LogP) is 17.0. The summed E-state index contributed by atoms with van der Waals surface area (Å²) in [6.45, 7) is 0. The molecule has 0 fully saturated rings.